The van der Waals surface area contributed by atoms with Crippen LogP contribution >= 0.6 is 0 Å². The van der Waals surface area contributed by atoms with E-state index in [2.05, 4.69) is 63.6 Å². The van der Waals surface area contributed by atoms with E-state index < -0.39 is 0 Å². The van der Waals surface area contributed by atoms with Gasteiger partial charge in [0.05, 0.1) is 8.13 Å². The van der Waals surface area contributed by atoms with Gasteiger partial charge in [-0.25, -0.2) is 0 Å². The lowest BCUT2D eigenvalue weighted by atomic mass is 9.85. The quantitative estimate of drug-likeness (QED) is 0.541. The predicted octanol–water partition coefficient (Wildman–Crippen LogP) is 5.25. The van der Waals surface area contributed by atoms with Crippen LogP contribution in [0.25, 0.3) is 22.0 Å². The Hall–Kier alpha value is -2.15. The highest BCUT2D eigenvalue weighted by molar-refractivity contribution is 5.94. The second-order valence-corrected chi connectivity index (χ2v) is 7.38. The molecule has 0 aliphatic heterocycles. The molecule has 1 nitrogen and oxygen atoms in total. The van der Waals surface area contributed by atoms with E-state index in [1.165, 1.54) is 10.9 Å². The number of benzene rings is 2. The summed E-state index contributed by atoms with van der Waals surface area (Å²) in [4.78, 5) is 0. The van der Waals surface area contributed by atoms with Crippen molar-refractivity contribution in [1.82, 2.24) is 0 Å². The van der Waals surface area contributed by atoms with Gasteiger partial charge in [0.15, 0.2) is 5.69 Å². The number of aryl methyl sites for hydroxylation is 1. The molecule has 1 heterocycles. The second kappa shape index (κ2) is 5.49. The first kappa shape index (κ1) is 13.3. The van der Waals surface area contributed by atoms with Crippen molar-refractivity contribution in [1.29, 1.82) is 0 Å². The van der Waals surface area contributed by atoms with Crippen molar-refractivity contribution >= 4 is 10.8 Å². The SMILES string of the molecule is [2H]c1cc([2H])c(C)c(-c2c3ccc(C(C)(C)C)cc3cc(C)[n+]2C)c1. The average Bonchev–Trinajstić information content (AvgIpc) is 2.51. The predicted molar refractivity (Wildman–Crippen MR) is 98.7 cm³/mol. The van der Waals surface area contributed by atoms with Gasteiger partial charge in [-0.2, -0.15) is 4.57 Å². The minimum absolute atomic E-state index is 0.103. The van der Waals surface area contributed by atoms with Gasteiger partial charge in [-0.1, -0.05) is 51.1 Å². The van der Waals surface area contributed by atoms with E-state index in [0.29, 0.717) is 12.1 Å². The fourth-order valence-corrected chi connectivity index (χ4v) is 3.08. The van der Waals surface area contributed by atoms with Gasteiger partial charge in [0.25, 0.3) is 0 Å². The number of fused-ring (bicyclic) bond motifs is 1. The molecule has 0 saturated carbocycles. The minimum Gasteiger partial charge on any atom is -0.198 e. The number of hydrogen-bond donors (Lipinski definition) is 0. The number of aromatic nitrogens is 1. The molecule has 2 aromatic carbocycles. The maximum atomic E-state index is 8.17. The van der Waals surface area contributed by atoms with E-state index in [4.69, 9.17) is 2.74 Å². The largest absolute Gasteiger partial charge is 0.220 e. The van der Waals surface area contributed by atoms with Gasteiger partial charge in [0.1, 0.15) is 7.05 Å². The fourth-order valence-electron chi connectivity index (χ4n) is 3.08. The van der Waals surface area contributed by atoms with Crippen molar-refractivity contribution < 1.29 is 7.31 Å². The van der Waals surface area contributed by atoms with Crippen molar-refractivity contribution in [2.24, 2.45) is 7.05 Å². The molecular weight excluding hydrogens is 278 g/mol. The van der Waals surface area contributed by atoms with Crippen molar-refractivity contribution in [3.8, 4) is 11.3 Å². The van der Waals surface area contributed by atoms with Crippen LogP contribution in [0.4, 0.5) is 0 Å². The third kappa shape index (κ3) is 2.76. The zero-order chi connectivity index (χ0) is 18.5. The third-order valence-electron chi connectivity index (χ3n) is 4.66. The summed E-state index contributed by atoms with van der Waals surface area (Å²) >= 11 is 0. The maximum Gasteiger partial charge on any atom is 0.220 e. The van der Waals surface area contributed by atoms with Crippen molar-refractivity contribution in [2.45, 2.75) is 40.0 Å². The van der Waals surface area contributed by atoms with Crippen LogP contribution in [-0.2, 0) is 12.5 Å². The van der Waals surface area contributed by atoms with Gasteiger partial charge in [-0.15, -0.1) is 0 Å². The van der Waals surface area contributed by atoms with Crippen LogP contribution in [0, 0.1) is 13.8 Å². The summed E-state index contributed by atoms with van der Waals surface area (Å²) in [6.07, 6.45) is 0. The summed E-state index contributed by atoms with van der Waals surface area (Å²) in [5, 5.41) is 2.37. The average molecular weight is 306 g/mol. The smallest absolute Gasteiger partial charge is 0.198 e. The first-order valence-corrected chi connectivity index (χ1v) is 8.11. The van der Waals surface area contributed by atoms with Crippen LogP contribution in [0.15, 0.2) is 48.5 Å². The molecule has 0 bridgehead atoms. The molecule has 0 aliphatic rings. The molecule has 0 saturated heterocycles. The highest BCUT2D eigenvalue weighted by Crippen LogP contribution is 2.32. The lowest BCUT2D eigenvalue weighted by molar-refractivity contribution is -0.665. The molecule has 3 aromatic rings. The molecule has 118 valence electrons. The summed E-state index contributed by atoms with van der Waals surface area (Å²) in [5.74, 6) is 0. The van der Waals surface area contributed by atoms with Crippen LogP contribution < -0.4 is 4.57 Å². The first-order chi connectivity index (χ1) is 11.6. The molecule has 0 radical (unpaired) electrons. The zero-order valence-electron chi connectivity index (χ0n) is 16.9. The molecule has 0 amide bonds. The minimum atomic E-state index is 0.103. The number of pyridine rings is 1. The number of nitrogens with zero attached hydrogens (tertiary/aromatic N) is 1. The topological polar surface area (TPSA) is 3.88 Å². The van der Waals surface area contributed by atoms with E-state index in [9.17, 15) is 0 Å². The zero-order valence-corrected chi connectivity index (χ0v) is 14.9. The standard InChI is InChI=1S/C22H26N/c1-15-9-7-8-10-19(15)21-20-12-11-18(22(3,4)5)14-17(20)13-16(2)23(21)6/h7-14H,1-6H3/q+1/i8D,9D. The normalized spacial score (nSPS) is 13.1. The van der Waals surface area contributed by atoms with E-state index >= 15 is 0 Å². The second-order valence-electron chi connectivity index (χ2n) is 7.38. The summed E-state index contributed by atoms with van der Waals surface area (Å²) in [6.45, 7) is 10.8. The van der Waals surface area contributed by atoms with Gasteiger partial charge in [-0.05, 0) is 41.0 Å². The highest BCUT2D eigenvalue weighted by Gasteiger charge is 2.21. The molecular formula is C22H26N+. The molecule has 0 fully saturated rings. The Morgan fingerprint density at radius 3 is 2.48 bits per heavy atom. The first-order valence-electron chi connectivity index (χ1n) is 9.11. The molecule has 23 heavy (non-hydrogen) atoms. The van der Waals surface area contributed by atoms with Crippen molar-refractivity contribution in [2.75, 3.05) is 0 Å². The Kier molecular flexibility index (Phi) is 3.17. The van der Waals surface area contributed by atoms with Crippen molar-refractivity contribution in [3.63, 3.8) is 0 Å². The van der Waals surface area contributed by atoms with Crippen LogP contribution in [0.3, 0.4) is 0 Å². The van der Waals surface area contributed by atoms with E-state index in [0.717, 1.165) is 27.9 Å². The van der Waals surface area contributed by atoms with Crippen molar-refractivity contribution in [3.05, 3.63) is 65.3 Å². The molecule has 0 N–H and O–H groups in total. The maximum absolute atomic E-state index is 8.17. The monoisotopic (exact) mass is 306 g/mol. The Morgan fingerprint density at radius 1 is 1.04 bits per heavy atom. The summed E-state index contributed by atoms with van der Waals surface area (Å²) < 4.78 is 18.4. The summed E-state index contributed by atoms with van der Waals surface area (Å²) in [6, 6.07) is 13.2. The lowest BCUT2D eigenvalue weighted by Gasteiger charge is -2.20. The summed E-state index contributed by atoms with van der Waals surface area (Å²) in [5.41, 5.74) is 5.54. The van der Waals surface area contributed by atoms with Crippen LogP contribution in [0.2, 0.25) is 0 Å². The Labute approximate surface area is 142 Å². The van der Waals surface area contributed by atoms with E-state index in [1.807, 2.05) is 13.0 Å². The van der Waals surface area contributed by atoms with Gasteiger partial charge in [0, 0.05) is 18.6 Å². The molecule has 1 heteroatoms. The molecule has 0 unspecified atom stereocenters. The Morgan fingerprint density at radius 2 is 1.78 bits per heavy atom. The van der Waals surface area contributed by atoms with Gasteiger partial charge in [-0.3, -0.25) is 0 Å². The third-order valence-corrected chi connectivity index (χ3v) is 4.66. The van der Waals surface area contributed by atoms with Gasteiger partial charge in [0.2, 0.25) is 5.69 Å². The van der Waals surface area contributed by atoms with Crippen LogP contribution in [0.5, 0.6) is 0 Å². The lowest BCUT2D eigenvalue weighted by Crippen LogP contribution is -2.35. The van der Waals surface area contributed by atoms with E-state index in [-0.39, 0.29) is 5.41 Å². The molecule has 3 rings (SSSR count). The molecule has 0 spiro atoms. The highest BCUT2D eigenvalue weighted by atomic mass is 14.9. The Bertz CT molecular complexity index is 982. The Balaban J connectivity index is 2.41. The van der Waals surface area contributed by atoms with Gasteiger partial charge < -0.3 is 0 Å². The number of hydrogen-bond acceptors (Lipinski definition) is 0. The number of rotatable bonds is 1. The molecule has 0 aliphatic carbocycles. The van der Waals surface area contributed by atoms with Gasteiger partial charge >= 0.3 is 0 Å². The van der Waals surface area contributed by atoms with Crippen LogP contribution in [0.1, 0.15) is 40.3 Å². The fraction of sp³-hybridized carbons (Fsp3) is 0.318. The van der Waals surface area contributed by atoms with Crippen LogP contribution in [-0.4, -0.2) is 0 Å². The molecule has 0 atom stereocenters. The summed E-state index contributed by atoms with van der Waals surface area (Å²) in [7, 11) is 2.06. The molecule has 1 aromatic heterocycles. The van der Waals surface area contributed by atoms with E-state index in [1.54, 1.807) is 6.07 Å².